The maximum absolute atomic E-state index is 11.8. The Morgan fingerprint density at radius 1 is 1.44 bits per heavy atom. The number of carbonyl (C=O) groups is 1. The van der Waals surface area contributed by atoms with E-state index in [2.05, 4.69) is 12.2 Å². The van der Waals surface area contributed by atoms with E-state index in [1.807, 2.05) is 32.0 Å². The summed E-state index contributed by atoms with van der Waals surface area (Å²) in [6, 6.07) is 5.78. The highest BCUT2D eigenvalue weighted by Crippen LogP contribution is 2.26. The molecule has 1 aromatic rings. The minimum Gasteiger partial charge on any atom is -0.495 e. The van der Waals surface area contributed by atoms with Crippen LogP contribution in [0.25, 0.3) is 0 Å². The Labute approximate surface area is 109 Å². The van der Waals surface area contributed by atoms with Crippen molar-refractivity contribution in [2.45, 2.75) is 39.2 Å². The van der Waals surface area contributed by atoms with Gasteiger partial charge in [-0.05, 0) is 38.0 Å². The van der Waals surface area contributed by atoms with Crippen LogP contribution in [0.2, 0.25) is 0 Å². The number of ether oxygens (including phenoxy) is 1. The van der Waals surface area contributed by atoms with Crippen LogP contribution in [0, 0.1) is 0 Å². The predicted octanol–water partition coefficient (Wildman–Crippen LogP) is 2.32. The number of aryl methyl sites for hydroxylation is 1. The first-order valence-corrected chi connectivity index (χ1v) is 6.11. The second-order valence-corrected chi connectivity index (χ2v) is 5.10. The molecule has 0 saturated heterocycles. The van der Waals surface area contributed by atoms with Gasteiger partial charge in [0.2, 0.25) is 5.91 Å². The van der Waals surface area contributed by atoms with Gasteiger partial charge in [-0.15, -0.1) is 0 Å². The normalized spacial score (nSPS) is 11.2. The quantitative estimate of drug-likeness (QED) is 0.843. The highest BCUT2D eigenvalue weighted by molar-refractivity contribution is 5.93. The second-order valence-electron chi connectivity index (χ2n) is 5.10. The van der Waals surface area contributed by atoms with Gasteiger partial charge in [0.05, 0.1) is 12.8 Å². The van der Waals surface area contributed by atoms with Crippen LogP contribution in [-0.2, 0) is 11.2 Å². The standard InChI is InChI=1S/C14H22N2O2/c1-5-10-6-7-12(18-4)11(8-10)16-13(17)9-14(2,3)15/h6-8H,5,9,15H2,1-4H3,(H,16,17). The summed E-state index contributed by atoms with van der Waals surface area (Å²) in [4.78, 5) is 11.8. The number of benzene rings is 1. The van der Waals surface area contributed by atoms with Gasteiger partial charge < -0.3 is 15.8 Å². The number of nitrogens with one attached hydrogen (secondary N) is 1. The molecule has 3 N–H and O–H groups in total. The first-order valence-electron chi connectivity index (χ1n) is 6.11. The summed E-state index contributed by atoms with van der Waals surface area (Å²) < 4.78 is 5.23. The summed E-state index contributed by atoms with van der Waals surface area (Å²) in [5.41, 5.74) is 7.16. The summed E-state index contributed by atoms with van der Waals surface area (Å²) in [6.07, 6.45) is 1.18. The molecular formula is C14H22N2O2. The first kappa shape index (κ1) is 14.5. The van der Waals surface area contributed by atoms with Crippen LogP contribution in [0.4, 0.5) is 5.69 Å². The summed E-state index contributed by atoms with van der Waals surface area (Å²) in [5.74, 6) is 0.560. The third kappa shape index (κ3) is 4.37. The summed E-state index contributed by atoms with van der Waals surface area (Å²) >= 11 is 0. The van der Waals surface area contributed by atoms with Crippen molar-refractivity contribution in [2.75, 3.05) is 12.4 Å². The van der Waals surface area contributed by atoms with Gasteiger partial charge in [-0.25, -0.2) is 0 Å². The van der Waals surface area contributed by atoms with Gasteiger partial charge in [0.25, 0.3) is 0 Å². The molecule has 0 spiro atoms. The Hall–Kier alpha value is -1.55. The van der Waals surface area contributed by atoms with Crippen LogP contribution in [0.3, 0.4) is 0 Å². The molecule has 0 saturated carbocycles. The van der Waals surface area contributed by atoms with Crippen LogP contribution >= 0.6 is 0 Å². The van der Waals surface area contributed by atoms with E-state index >= 15 is 0 Å². The number of carbonyl (C=O) groups excluding carboxylic acids is 1. The molecule has 100 valence electrons. The summed E-state index contributed by atoms with van der Waals surface area (Å²) in [5, 5.41) is 2.85. The minimum atomic E-state index is -0.514. The molecule has 0 aliphatic heterocycles. The van der Waals surface area contributed by atoms with Crippen LogP contribution in [0.15, 0.2) is 18.2 Å². The molecule has 0 radical (unpaired) electrons. The number of anilines is 1. The number of nitrogens with two attached hydrogens (primary N) is 1. The van der Waals surface area contributed by atoms with Gasteiger partial charge in [0.1, 0.15) is 5.75 Å². The lowest BCUT2D eigenvalue weighted by Crippen LogP contribution is -2.36. The number of amides is 1. The molecule has 0 aliphatic rings. The van der Waals surface area contributed by atoms with Gasteiger partial charge in [-0.3, -0.25) is 4.79 Å². The van der Waals surface area contributed by atoms with Crippen molar-refractivity contribution in [1.29, 1.82) is 0 Å². The van der Waals surface area contributed by atoms with E-state index < -0.39 is 5.54 Å². The Kier molecular flexibility index (Phi) is 4.73. The zero-order chi connectivity index (χ0) is 13.8. The molecule has 4 heteroatoms. The molecule has 1 amide bonds. The van der Waals surface area contributed by atoms with Crippen LogP contribution in [0.5, 0.6) is 5.75 Å². The average molecular weight is 250 g/mol. The predicted molar refractivity (Wildman–Crippen MR) is 73.9 cm³/mol. The van der Waals surface area contributed by atoms with Gasteiger partial charge in [0.15, 0.2) is 0 Å². The molecule has 4 nitrogen and oxygen atoms in total. The Morgan fingerprint density at radius 2 is 2.11 bits per heavy atom. The molecule has 18 heavy (non-hydrogen) atoms. The zero-order valence-corrected chi connectivity index (χ0v) is 11.5. The molecule has 0 atom stereocenters. The molecular weight excluding hydrogens is 228 g/mol. The molecule has 1 aromatic carbocycles. The number of rotatable bonds is 5. The van der Waals surface area contributed by atoms with E-state index in [9.17, 15) is 4.79 Å². The SMILES string of the molecule is CCc1ccc(OC)c(NC(=O)CC(C)(C)N)c1. The van der Waals surface area contributed by atoms with E-state index in [0.717, 1.165) is 12.0 Å². The van der Waals surface area contributed by atoms with E-state index in [-0.39, 0.29) is 12.3 Å². The third-order valence-corrected chi connectivity index (χ3v) is 2.56. The zero-order valence-electron chi connectivity index (χ0n) is 11.5. The third-order valence-electron chi connectivity index (χ3n) is 2.56. The van der Waals surface area contributed by atoms with E-state index in [1.165, 1.54) is 0 Å². The van der Waals surface area contributed by atoms with Crippen molar-refractivity contribution >= 4 is 11.6 Å². The van der Waals surface area contributed by atoms with Gasteiger partial charge in [-0.1, -0.05) is 13.0 Å². The average Bonchev–Trinajstić information content (AvgIpc) is 2.26. The topological polar surface area (TPSA) is 64.3 Å². The number of methoxy groups -OCH3 is 1. The maximum Gasteiger partial charge on any atom is 0.226 e. The fourth-order valence-corrected chi connectivity index (χ4v) is 1.68. The molecule has 0 heterocycles. The van der Waals surface area contributed by atoms with Gasteiger partial charge in [-0.2, -0.15) is 0 Å². The highest BCUT2D eigenvalue weighted by atomic mass is 16.5. The molecule has 0 aliphatic carbocycles. The molecule has 0 unspecified atom stereocenters. The minimum absolute atomic E-state index is 0.103. The fraction of sp³-hybridized carbons (Fsp3) is 0.500. The van der Waals surface area contributed by atoms with Crippen molar-refractivity contribution in [3.8, 4) is 5.75 Å². The lowest BCUT2D eigenvalue weighted by atomic mass is 10.0. The molecule has 0 aromatic heterocycles. The number of hydrogen-bond donors (Lipinski definition) is 2. The van der Waals surface area contributed by atoms with Crippen LogP contribution < -0.4 is 15.8 Å². The van der Waals surface area contributed by atoms with Crippen LogP contribution in [-0.4, -0.2) is 18.6 Å². The van der Waals surface area contributed by atoms with Gasteiger partial charge in [0, 0.05) is 12.0 Å². The van der Waals surface area contributed by atoms with E-state index in [4.69, 9.17) is 10.5 Å². The second kappa shape index (κ2) is 5.87. The van der Waals surface area contributed by atoms with Gasteiger partial charge >= 0.3 is 0 Å². The van der Waals surface area contributed by atoms with E-state index in [0.29, 0.717) is 11.4 Å². The van der Waals surface area contributed by atoms with Crippen molar-refractivity contribution in [1.82, 2.24) is 0 Å². The maximum atomic E-state index is 11.8. The van der Waals surface area contributed by atoms with Crippen molar-refractivity contribution in [2.24, 2.45) is 5.73 Å². The summed E-state index contributed by atoms with van der Waals surface area (Å²) in [7, 11) is 1.59. The van der Waals surface area contributed by atoms with E-state index in [1.54, 1.807) is 7.11 Å². The number of hydrogen-bond acceptors (Lipinski definition) is 3. The monoisotopic (exact) mass is 250 g/mol. The molecule has 1 rings (SSSR count). The molecule has 0 fully saturated rings. The van der Waals surface area contributed by atoms with Crippen molar-refractivity contribution in [3.05, 3.63) is 23.8 Å². The largest absolute Gasteiger partial charge is 0.495 e. The smallest absolute Gasteiger partial charge is 0.226 e. The summed E-state index contributed by atoms with van der Waals surface area (Å²) in [6.45, 7) is 5.72. The Bertz CT molecular complexity index is 422. The lowest BCUT2D eigenvalue weighted by molar-refractivity contribution is -0.117. The Morgan fingerprint density at radius 3 is 2.61 bits per heavy atom. The molecule has 0 bridgehead atoms. The lowest BCUT2D eigenvalue weighted by Gasteiger charge is -2.18. The van der Waals surface area contributed by atoms with Crippen molar-refractivity contribution < 1.29 is 9.53 Å². The highest BCUT2D eigenvalue weighted by Gasteiger charge is 2.17. The van der Waals surface area contributed by atoms with Crippen LogP contribution in [0.1, 0.15) is 32.8 Å². The fourth-order valence-electron chi connectivity index (χ4n) is 1.68. The first-order chi connectivity index (χ1) is 8.35. The Balaban J connectivity index is 2.85. The van der Waals surface area contributed by atoms with Crippen molar-refractivity contribution in [3.63, 3.8) is 0 Å².